The summed E-state index contributed by atoms with van der Waals surface area (Å²) in [6.07, 6.45) is 0. The first kappa shape index (κ1) is 18.9. The van der Waals surface area contributed by atoms with Gasteiger partial charge in [-0.2, -0.15) is 5.26 Å². The molecule has 0 spiro atoms. The Morgan fingerprint density at radius 1 is 0.821 bits per heavy atom. The molecule has 2 amide bonds. The molecule has 0 aliphatic heterocycles. The van der Waals surface area contributed by atoms with Gasteiger partial charge in [0, 0.05) is 22.5 Å². The van der Waals surface area contributed by atoms with Crippen LogP contribution in [0.15, 0.2) is 66.7 Å². The molecule has 0 bridgehead atoms. The van der Waals surface area contributed by atoms with Crippen molar-refractivity contribution in [2.45, 2.75) is 13.8 Å². The van der Waals surface area contributed by atoms with Gasteiger partial charge in [-0.1, -0.05) is 23.8 Å². The summed E-state index contributed by atoms with van der Waals surface area (Å²) < 4.78 is 0. The molecule has 0 radical (unpaired) electrons. The van der Waals surface area contributed by atoms with E-state index in [-0.39, 0.29) is 11.8 Å². The lowest BCUT2D eigenvalue weighted by Gasteiger charge is -2.10. The van der Waals surface area contributed by atoms with Crippen molar-refractivity contribution in [3.05, 3.63) is 94.5 Å². The van der Waals surface area contributed by atoms with Gasteiger partial charge < -0.3 is 10.6 Å². The Morgan fingerprint density at radius 2 is 1.46 bits per heavy atom. The van der Waals surface area contributed by atoms with Crippen molar-refractivity contribution in [3.8, 4) is 6.07 Å². The van der Waals surface area contributed by atoms with Crippen molar-refractivity contribution < 1.29 is 9.59 Å². The van der Waals surface area contributed by atoms with Crippen LogP contribution >= 0.6 is 0 Å². The molecule has 28 heavy (non-hydrogen) atoms. The third kappa shape index (κ3) is 4.43. The number of hydrogen-bond acceptors (Lipinski definition) is 3. The molecule has 0 atom stereocenters. The maximum atomic E-state index is 12.5. The predicted molar refractivity (Wildman–Crippen MR) is 109 cm³/mol. The van der Waals surface area contributed by atoms with E-state index in [2.05, 4.69) is 10.6 Å². The van der Waals surface area contributed by atoms with Gasteiger partial charge in [0.05, 0.1) is 11.6 Å². The van der Waals surface area contributed by atoms with Crippen LogP contribution in [0.3, 0.4) is 0 Å². The van der Waals surface area contributed by atoms with E-state index in [1.165, 1.54) is 0 Å². The molecule has 138 valence electrons. The van der Waals surface area contributed by atoms with E-state index in [0.717, 1.165) is 16.8 Å². The van der Waals surface area contributed by atoms with Crippen LogP contribution in [-0.2, 0) is 0 Å². The number of nitriles is 1. The number of nitrogens with zero attached hydrogens (tertiary/aromatic N) is 1. The molecule has 0 unspecified atom stereocenters. The molecule has 0 heterocycles. The fourth-order valence-corrected chi connectivity index (χ4v) is 2.79. The normalized spacial score (nSPS) is 10.0. The Bertz CT molecular complexity index is 1080. The summed E-state index contributed by atoms with van der Waals surface area (Å²) in [6, 6.07) is 21.0. The number of amides is 2. The van der Waals surface area contributed by atoms with Gasteiger partial charge in [-0.05, 0) is 67.9 Å². The third-order valence-electron chi connectivity index (χ3n) is 4.29. The molecule has 3 aromatic rings. The summed E-state index contributed by atoms with van der Waals surface area (Å²) in [6.45, 7) is 3.94. The van der Waals surface area contributed by atoms with Crippen LogP contribution in [0, 0.1) is 25.2 Å². The van der Waals surface area contributed by atoms with Crippen molar-refractivity contribution >= 4 is 23.2 Å². The van der Waals surface area contributed by atoms with Gasteiger partial charge in [-0.25, -0.2) is 0 Å². The highest BCUT2D eigenvalue weighted by molar-refractivity contribution is 6.07. The summed E-state index contributed by atoms with van der Waals surface area (Å²) in [7, 11) is 0. The zero-order valence-corrected chi connectivity index (χ0v) is 15.6. The Kier molecular flexibility index (Phi) is 5.52. The van der Waals surface area contributed by atoms with Gasteiger partial charge in [0.15, 0.2) is 0 Å². The van der Waals surface area contributed by atoms with E-state index in [9.17, 15) is 9.59 Å². The Morgan fingerprint density at radius 3 is 2.07 bits per heavy atom. The number of aryl methyl sites for hydroxylation is 2. The van der Waals surface area contributed by atoms with Gasteiger partial charge in [-0.15, -0.1) is 0 Å². The SMILES string of the molecule is Cc1ccc(NC(=O)c2ccc(C(=O)Nc3cccc(C#N)c3)cc2)c(C)c1. The van der Waals surface area contributed by atoms with E-state index in [4.69, 9.17) is 5.26 Å². The molecule has 5 heteroatoms. The summed E-state index contributed by atoms with van der Waals surface area (Å²) in [4.78, 5) is 24.8. The molecule has 2 N–H and O–H groups in total. The lowest BCUT2D eigenvalue weighted by molar-refractivity contribution is 0.101. The molecular weight excluding hydrogens is 350 g/mol. The minimum absolute atomic E-state index is 0.236. The maximum absolute atomic E-state index is 12.5. The Hall–Kier alpha value is -3.91. The van der Waals surface area contributed by atoms with Crippen LogP contribution in [0.25, 0.3) is 0 Å². The summed E-state index contributed by atoms with van der Waals surface area (Å²) in [5, 5.41) is 14.6. The van der Waals surface area contributed by atoms with Crippen molar-refractivity contribution in [1.82, 2.24) is 0 Å². The van der Waals surface area contributed by atoms with Gasteiger partial charge in [0.25, 0.3) is 11.8 Å². The van der Waals surface area contributed by atoms with E-state index in [0.29, 0.717) is 22.4 Å². The zero-order valence-electron chi connectivity index (χ0n) is 15.6. The van der Waals surface area contributed by atoms with Crippen LogP contribution in [0.4, 0.5) is 11.4 Å². The number of carbonyl (C=O) groups is 2. The second kappa shape index (κ2) is 8.19. The molecule has 0 saturated heterocycles. The fourth-order valence-electron chi connectivity index (χ4n) is 2.79. The first-order valence-electron chi connectivity index (χ1n) is 8.76. The van der Waals surface area contributed by atoms with Gasteiger partial charge in [0.2, 0.25) is 0 Å². The molecule has 0 saturated carbocycles. The highest BCUT2D eigenvalue weighted by Crippen LogP contribution is 2.18. The molecular formula is C23H19N3O2. The zero-order chi connectivity index (χ0) is 20.1. The number of rotatable bonds is 4. The van der Waals surface area contributed by atoms with Crippen LogP contribution in [0.5, 0.6) is 0 Å². The van der Waals surface area contributed by atoms with Crippen LogP contribution in [0.1, 0.15) is 37.4 Å². The second-order valence-electron chi connectivity index (χ2n) is 6.50. The lowest BCUT2D eigenvalue weighted by Crippen LogP contribution is -2.15. The highest BCUT2D eigenvalue weighted by atomic mass is 16.2. The van der Waals surface area contributed by atoms with Crippen LogP contribution in [-0.4, -0.2) is 11.8 Å². The average molecular weight is 369 g/mol. The molecule has 5 nitrogen and oxygen atoms in total. The Balaban J connectivity index is 1.69. The molecule has 0 aliphatic rings. The second-order valence-corrected chi connectivity index (χ2v) is 6.50. The van der Waals surface area contributed by atoms with E-state index in [1.54, 1.807) is 48.5 Å². The molecule has 0 aliphatic carbocycles. The highest BCUT2D eigenvalue weighted by Gasteiger charge is 2.11. The topological polar surface area (TPSA) is 82.0 Å². The van der Waals surface area contributed by atoms with E-state index in [1.807, 2.05) is 38.1 Å². The largest absolute Gasteiger partial charge is 0.322 e. The number of carbonyl (C=O) groups excluding carboxylic acids is 2. The number of benzene rings is 3. The molecule has 3 aromatic carbocycles. The molecule has 0 aromatic heterocycles. The quantitative estimate of drug-likeness (QED) is 0.700. The van der Waals surface area contributed by atoms with Gasteiger partial charge >= 0.3 is 0 Å². The average Bonchev–Trinajstić information content (AvgIpc) is 2.70. The summed E-state index contributed by atoms with van der Waals surface area (Å²) >= 11 is 0. The standard InChI is InChI=1S/C23H19N3O2/c1-15-6-11-21(16(2)12-15)26-23(28)19-9-7-18(8-10-19)22(27)25-20-5-3-4-17(13-20)14-24/h3-13H,1-2H3,(H,25,27)(H,26,28). The smallest absolute Gasteiger partial charge is 0.255 e. The van der Waals surface area contributed by atoms with Crippen molar-refractivity contribution in [3.63, 3.8) is 0 Å². The summed E-state index contributed by atoms with van der Waals surface area (Å²) in [5.41, 5.74) is 4.77. The lowest BCUT2D eigenvalue weighted by atomic mass is 10.1. The van der Waals surface area contributed by atoms with E-state index < -0.39 is 0 Å². The van der Waals surface area contributed by atoms with Gasteiger partial charge in [-0.3, -0.25) is 9.59 Å². The van der Waals surface area contributed by atoms with E-state index >= 15 is 0 Å². The van der Waals surface area contributed by atoms with Crippen molar-refractivity contribution in [1.29, 1.82) is 5.26 Å². The molecule has 3 rings (SSSR count). The Labute approximate surface area is 163 Å². The minimum atomic E-state index is -0.309. The fraction of sp³-hybridized carbons (Fsp3) is 0.0870. The molecule has 0 fully saturated rings. The maximum Gasteiger partial charge on any atom is 0.255 e. The van der Waals surface area contributed by atoms with Gasteiger partial charge in [0.1, 0.15) is 0 Å². The third-order valence-corrected chi connectivity index (χ3v) is 4.29. The first-order valence-corrected chi connectivity index (χ1v) is 8.76. The summed E-state index contributed by atoms with van der Waals surface area (Å²) in [5.74, 6) is -0.544. The number of hydrogen-bond donors (Lipinski definition) is 2. The van der Waals surface area contributed by atoms with Crippen LogP contribution in [0.2, 0.25) is 0 Å². The monoisotopic (exact) mass is 369 g/mol. The first-order chi connectivity index (χ1) is 13.5. The number of anilines is 2. The minimum Gasteiger partial charge on any atom is -0.322 e. The van der Waals surface area contributed by atoms with Crippen LogP contribution < -0.4 is 10.6 Å². The van der Waals surface area contributed by atoms with Crippen molar-refractivity contribution in [2.75, 3.05) is 10.6 Å². The predicted octanol–water partition coefficient (Wildman–Crippen LogP) is 4.68. The number of nitrogens with one attached hydrogen (secondary N) is 2. The van der Waals surface area contributed by atoms with Crippen molar-refractivity contribution in [2.24, 2.45) is 0 Å².